The monoisotopic (exact) mass is 476 g/mol. The number of amides is 2. The van der Waals surface area contributed by atoms with Gasteiger partial charge in [-0.05, 0) is 54.7 Å². The lowest BCUT2D eigenvalue weighted by Gasteiger charge is -2.33. The number of nitrogens with zero attached hydrogens (tertiary/aromatic N) is 1. The van der Waals surface area contributed by atoms with Crippen molar-refractivity contribution in [2.24, 2.45) is 0 Å². The van der Waals surface area contributed by atoms with Crippen LogP contribution in [-0.4, -0.2) is 28.8 Å². The van der Waals surface area contributed by atoms with Crippen LogP contribution in [-0.2, 0) is 29.0 Å². The first-order valence-electron chi connectivity index (χ1n) is 11.8. The minimum Gasteiger partial charge on any atom is -0.352 e. The Morgan fingerprint density at radius 2 is 1.56 bits per heavy atom. The molecule has 3 rings (SSSR count). The molecule has 34 heavy (non-hydrogen) atoms. The van der Waals surface area contributed by atoms with Crippen LogP contribution in [0.1, 0.15) is 42.5 Å². The van der Waals surface area contributed by atoms with E-state index in [0.717, 1.165) is 28.7 Å². The number of carbonyl (C=O) groups excluding carboxylic acids is 2. The summed E-state index contributed by atoms with van der Waals surface area (Å²) in [6, 6.07) is 24.5. The molecule has 0 aliphatic rings. The minimum absolute atomic E-state index is 0.0254. The number of benzene rings is 3. The van der Waals surface area contributed by atoms with Gasteiger partial charge in [-0.1, -0.05) is 85.3 Å². The van der Waals surface area contributed by atoms with Gasteiger partial charge in [-0.3, -0.25) is 9.59 Å². The number of nitrogens with one attached hydrogen (secondary N) is 1. The molecule has 3 aromatic rings. The molecule has 5 heteroatoms. The molecule has 0 bridgehead atoms. The zero-order chi connectivity index (χ0) is 24.5. The van der Waals surface area contributed by atoms with Crippen LogP contribution < -0.4 is 5.32 Å². The number of hydrogen-bond acceptors (Lipinski definition) is 2. The molecule has 3 aromatic carbocycles. The van der Waals surface area contributed by atoms with Gasteiger partial charge in [-0.2, -0.15) is 0 Å². The second-order valence-electron chi connectivity index (χ2n) is 8.77. The molecular formula is C29H33ClN2O2. The number of hydrogen-bond donors (Lipinski definition) is 1. The fraction of sp³-hybridized carbons (Fsp3) is 0.310. The second kappa shape index (κ2) is 12.4. The first-order valence-corrected chi connectivity index (χ1v) is 12.2. The lowest BCUT2D eigenvalue weighted by molar-refractivity contribution is -0.141. The topological polar surface area (TPSA) is 49.4 Å². The predicted octanol–water partition coefficient (Wildman–Crippen LogP) is 5.75. The first kappa shape index (κ1) is 25.5. The number of halogens is 1. The van der Waals surface area contributed by atoms with Gasteiger partial charge in [0.05, 0.1) is 6.42 Å². The smallest absolute Gasteiger partial charge is 0.243 e. The lowest BCUT2D eigenvalue weighted by Crippen LogP contribution is -2.52. The molecule has 2 atom stereocenters. The molecule has 1 N–H and O–H groups in total. The molecule has 0 unspecified atom stereocenters. The van der Waals surface area contributed by atoms with E-state index in [1.807, 2.05) is 87.5 Å². The van der Waals surface area contributed by atoms with Crippen LogP contribution in [0.25, 0.3) is 0 Å². The summed E-state index contributed by atoms with van der Waals surface area (Å²) in [6.07, 6.45) is 1.46. The van der Waals surface area contributed by atoms with Crippen LogP contribution in [0.4, 0.5) is 0 Å². The molecule has 0 saturated carbocycles. The molecule has 0 saturated heterocycles. The van der Waals surface area contributed by atoms with Crippen molar-refractivity contribution < 1.29 is 9.59 Å². The van der Waals surface area contributed by atoms with Gasteiger partial charge >= 0.3 is 0 Å². The average Bonchev–Trinajstić information content (AvgIpc) is 2.84. The van der Waals surface area contributed by atoms with Crippen molar-refractivity contribution in [2.75, 3.05) is 0 Å². The standard InChI is InChI=1S/C29H33ClN2O2/c1-4-22(3)31-29(34)27(18-23-11-6-5-7-12-23)32(20-25-13-9-8-10-21(25)2)28(33)19-24-14-16-26(30)17-15-24/h5-17,22,27H,4,18-20H2,1-3H3,(H,31,34)/t22-,27-/m0/s1. The van der Waals surface area contributed by atoms with E-state index in [9.17, 15) is 9.59 Å². The Labute approximate surface area is 207 Å². The maximum Gasteiger partial charge on any atom is 0.243 e. The van der Waals surface area contributed by atoms with E-state index < -0.39 is 6.04 Å². The highest BCUT2D eigenvalue weighted by atomic mass is 35.5. The van der Waals surface area contributed by atoms with E-state index in [4.69, 9.17) is 11.6 Å². The van der Waals surface area contributed by atoms with E-state index in [-0.39, 0.29) is 24.3 Å². The van der Waals surface area contributed by atoms with Gasteiger partial charge in [0.25, 0.3) is 0 Å². The molecule has 4 nitrogen and oxygen atoms in total. The average molecular weight is 477 g/mol. The molecular weight excluding hydrogens is 444 g/mol. The van der Waals surface area contributed by atoms with E-state index in [1.54, 1.807) is 17.0 Å². The van der Waals surface area contributed by atoms with E-state index in [0.29, 0.717) is 18.0 Å². The first-order chi connectivity index (χ1) is 16.4. The van der Waals surface area contributed by atoms with Crippen molar-refractivity contribution in [3.8, 4) is 0 Å². The number of rotatable bonds is 10. The van der Waals surface area contributed by atoms with Gasteiger partial charge < -0.3 is 10.2 Å². The van der Waals surface area contributed by atoms with Crippen LogP contribution in [0.15, 0.2) is 78.9 Å². The zero-order valence-corrected chi connectivity index (χ0v) is 20.9. The summed E-state index contributed by atoms with van der Waals surface area (Å²) >= 11 is 6.03. The fourth-order valence-corrected chi connectivity index (χ4v) is 3.97. The highest BCUT2D eigenvalue weighted by Crippen LogP contribution is 2.19. The molecule has 0 aromatic heterocycles. The van der Waals surface area contributed by atoms with E-state index in [2.05, 4.69) is 5.32 Å². The summed E-state index contributed by atoms with van der Waals surface area (Å²) < 4.78 is 0. The third-order valence-corrected chi connectivity index (χ3v) is 6.39. The van der Waals surface area contributed by atoms with E-state index >= 15 is 0 Å². The van der Waals surface area contributed by atoms with Crippen molar-refractivity contribution in [1.29, 1.82) is 0 Å². The maximum atomic E-state index is 13.7. The van der Waals surface area contributed by atoms with Crippen molar-refractivity contribution in [2.45, 2.75) is 58.7 Å². The molecule has 0 fully saturated rings. The third kappa shape index (κ3) is 7.19. The van der Waals surface area contributed by atoms with Crippen LogP contribution in [0.2, 0.25) is 5.02 Å². The minimum atomic E-state index is -0.629. The summed E-state index contributed by atoms with van der Waals surface area (Å²) in [5.41, 5.74) is 4.00. The summed E-state index contributed by atoms with van der Waals surface area (Å²) in [7, 11) is 0. The Morgan fingerprint density at radius 3 is 2.21 bits per heavy atom. The zero-order valence-electron chi connectivity index (χ0n) is 20.1. The normalized spacial score (nSPS) is 12.6. The molecule has 178 valence electrons. The van der Waals surface area contributed by atoms with Crippen LogP contribution in [0.3, 0.4) is 0 Å². The Balaban J connectivity index is 1.97. The molecule has 0 spiro atoms. The molecule has 2 amide bonds. The Kier molecular flexibility index (Phi) is 9.29. The molecule has 0 radical (unpaired) electrons. The van der Waals surface area contributed by atoms with Crippen molar-refractivity contribution >= 4 is 23.4 Å². The summed E-state index contributed by atoms with van der Waals surface area (Å²) in [5, 5.41) is 3.73. The predicted molar refractivity (Wildman–Crippen MR) is 139 cm³/mol. The lowest BCUT2D eigenvalue weighted by atomic mass is 10.00. The quantitative estimate of drug-likeness (QED) is 0.405. The van der Waals surface area contributed by atoms with Gasteiger partial charge in [0, 0.05) is 24.0 Å². The SMILES string of the molecule is CC[C@H](C)NC(=O)[C@H](Cc1ccccc1)N(Cc1ccccc1C)C(=O)Cc1ccc(Cl)cc1. The highest BCUT2D eigenvalue weighted by Gasteiger charge is 2.31. The van der Waals surface area contributed by atoms with Gasteiger partial charge in [0.1, 0.15) is 6.04 Å². The Bertz CT molecular complexity index is 1080. The molecule has 0 aliphatic carbocycles. The van der Waals surface area contributed by atoms with Gasteiger partial charge in [-0.15, -0.1) is 0 Å². The van der Waals surface area contributed by atoms with Crippen molar-refractivity contribution in [1.82, 2.24) is 10.2 Å². The summed E-state index contributed by atoms with van der Waals surface area (Å²) in [4.78, 5) is 29.0. The third-order valence-electron chi connectivity index (χ3n) is 6.14. The van der Waals surface area contributed by atoms with Crippen LogP contribution in [0.5, 0.6) is 0 Å². The maximum absolute atomic E-state index is 13.7. The number of carbonyl (C=O) groups is 2. The van der Waals surface area contributed by atoms with Gasteiger partial charge in [0.15, 0.2) is 0 Å². The Hall–Kier alpha value is -3.11. The molecule has 0 heterocycles. The fourth-order valence-electron chi connectivity index (χ4n) is 3.84. The largest absolute Gasteiger partial charge is 0.352 e. The van der Waals surface area contributed by atoms with Gasteiger partial charge in [0.2, 0.25) is 11.8 Å². The van der Waals surface area contributed by atoms with Crippen molar-refractivity contribution in [3.63, 3.8) is 0 Å². The Morgan fingerprint density at radius 1 is 0.912 bits per heavy atom. The second-order valence-corrected chi connectivity index (χ2v) is 9.21. The van der Waals surface area contributed by atoms with E-state index in [1.165, 1.54) is 0 Å². The van der Waals surface area contributed by atoms with Crippen LogP contribution >= 0.6 is 11.6 Å². The number of aryl methyl sites for hydroxylation is 1. The van der Waals surface area contributed by atoms with Gasteiger partial charge in [-0.25, -0.2) is 0 Å². The highest BCUT2D eigenvalue weighted by molar-refractivity contribution is 6.30. The summed E-state index contributed by atoms with van der Waals surface area (Å²) in [6.45, 7) is 6.42. The van der Waals surface area contributed by atoms with Crippen molar-refractivity contribution in [3.05, 3.63) is 106 Å². The van der Waals surface area contributed by atoms with Crippen LogP contribution in [0, 0.1) is 6.92 Å². The molecule has 0 aliphatic heterocycles. The summed E-state index contributed by atoms with van der Waals surface area (Å²) in [5.74, 6) is -0.220.